The highest BCUT2D eigenvalue weighted by Crippen LogP contribution is 2.17. The van der Waals surface area contributed by atoms with Crippen molar-refractivity contribution >= 4 is 0 Å². The summed E-state index contributed by atoms with van der Waals surface area (Å²) in [6.07, 6.45) is 9.37. The highest BCUT2D eigenvalue weighted by molar-refractivity contribution is 5.11. The Hall–Kier alpha value is -1.16. The second-order valence-corrected chi connectivity index (χ2v) is 1.96. The van der Waals surface area contributed by atoms with Crippen LogP contribution in [0.2, 0.25) is 0 Å². The van der Waals surface area contributed by atoms with Gasteiger partial charge >= 0.3 is 0 Å². The first kappa shape index (κ1) is 5.97. The summed E-state index contributed by atoms with van der Waals surface area (Å²) >= 11 is 0. The summed E-state index contributed by atoms with van der Waals surface area (Å²) in [5.41, 5.74) is 0. The lowest BCUT2D eigenvalue weighted by Gasteiger charge is -2.12. The summed E-state index contributed by atoms with van der Waals surface area (Å²) in [5, 5.41) is 0. The van der Waals surface area contributed by atoms with Crippen molar-refractivity contribution in [2.75, 3.05) is 0 Å². The van der Waals surface area contributed by atoms with Gasteiger partial charge in [-0.25, -0.2) is 0 Å². The molecule has 0 aliphatic carbocycles. The van der Waals surface area contributed by atoms with Crippen molar-refractivity contribution in [3.63, 3.8) is 0 Å². The number of ether oxygens (including phenoxy) is 1. The van der Waals surface area contributed by atoms with Crippen LogP contribution in [0, 0.1) is 18.3 Å². The minimum atomic E-state index is 0.186. The fourth-order valence-corrected chi connectivity index (χ4v) is 0.706. The molecule has 1 aliphatic heterocycles. The zero-order chi connectivity index (χ0) is 6.69. The molecule has 1 atom stereocenters. The summed E-state index contributed by atoms with van der Waals surface area (Å²) in [7, 11) is 0. The van der Waals surface area contributed by atoms with E-state index in [-0.39, 0.29) is 5.92 Å². The van der Waals surface area contributed by atoms with Gasteiger partial charge in [0.25, 0.3) is 0 Å². The number of rotatable bonds is 0. The monoisotopic (exact) mass is 120 g/mol. The fourth-order valence-electron chi connectivity index (χ4n) is 0.706. The molecule has 0 bridgehead atoms. The van der Waals surface area contributed by atoms with Crippen LogP contribution in [0.1, 0.15) is 6.42 Å². The second-order valence-electron chi connectivity index (χ2n) is 1.96. The first-order chi connectivity index (χ1) is 4.33. The van der Waals surface area contributed by atoms with Crippen molar-refractivity contribution < 1.29 is 4.74 Å². The molecule has 1 aliphatic rings. The molecule has 1 unspecified atom stereocenters. The van der Waals surface area contributed by atoms with E-state index >= 15 is 0 Å². The molecule has 0 fully saturated rings. The Balaban J connectivity index is 2.62. The van der Waals surface area contributed by atoms with Gasteiger partial charge in [-0.15, -0.1) is 6.42 Å². The van der Waals surface area contributed by atoms with E-state index < -0.39 is 0 Å². The van der Waals surface area contributed by atoms with E-state index in [4.69, 9.17) is 11.2 Å². The average molecular weight is 120 g/mol. The van der Waals surface area contributed by atoms with Gasteiger partial charge in [0.1, 0.15) is 0 Å². The SMILES string of the molecule is C#CC1C=COC(=C)C1. The Morgan fingerprint density at radius 2 is 2.67 bits per heavy atom. The third-order valence-corrected chi connectivity index (χ3v) is 1.21. The molecule has 0 amide bonds. The van der Waals surface area contributed by atoms with E-state index in [2.05, 4.69) is 12.5 Å². The number of terminal acetylenes is 1. The third-order valence-electron chi connectivity index (χ3n) is 1.21. The molecule has 1 nitrogen and oxygen atoms in total. The Kier molecular flexibility index (Phi) is 1.60. The Morgan fingerprint density at radius 3 is 3.11 bits per heavy atom. The van der Waals surface area contributed by atoms with Gasteiger partial charge in [0, 0.05) is 12.3 Å². The molecule has 0 aromatic heterocycles. The molecule has 0 aromatic carbocycles. The second kappa shape index (κ2) is 2.41. The first-order valence-electron chi connectivity index (χ1n) is 2.80. The molecule has 0 saturated heterocycles. The lowest BCUT2D eigenvalue weighted by molar-refractivity contribution is 0.309. The zero-order valence-corrected chi connectivity index (χ0v) is 5.13. The van der Waals surface area contributed by atoms with Crippen molar-refractivity contribution in [2.24, 2.45) is 5.92 Å². The molecular formula is C8H8O. The lowest BCUT2D eigenvalue weighted by Crippen LogP contribution is -2.00. The Labute approximate surface area is 55.0 Å². The zero-order valence-electron chi connectivity index (χ0n) is 5.13. The predicted octanol–water partition coefficient (Wildman–Crippen LogP) is 1.68. The first-order valence-corrected chi connectivity index (χ1v) is 2.80. The lowest BCUT2D eigenvalue weighted by atomic mass is 10.1. The van der Waals surface area contributed by atoms with Crippen LogP contribution in [0.4, 0.5) is 0 Å². The molecule has 0 aromatic rings. The molecule has 46 valence electrons. The Bertz CT molecular complexity index is 183. The molecule has 1 heterocycles. The maximum Gasteiger partial charge on any atom is 0.0975 e. The fraction of sp³-hybridized carbons (Fsp3) is 0.250. The molecule has 0 spiro atoms. The van der Waals surface area contributed by atoms with E-state index in [1.165, 1.54) is 0 Å². The van der Waals surface area contributed by atoms with Crippen molar-refractivity contribution in [3.8, 4) is 12.3 Å². The van der Waals surface area contributed by atoms with Gasteiger partial charge in [-0.2, -0.15) is 0 Å². The van der Waals surface area contributed by atoms with Crippen LogP contribution in [-0.4, -0.2) is 0 Å². The predicted molar refractivity (Wildman–Crippen MR) is 36.3 cm³/mol. The third kappa shape index (κ3) is 1.36. The van der Waals surface area contributed by atoms with Crippen molar-refractivity contribution in [2.45, 2.75) is 6.42 Å². The summed E-state index contributed by atoms with van der Waals surface area (Å²) < 4.78 is 4.94. The van der Waals surface area contributed by atoms with Crippen molar-refractivity contribution in [1.82, 2.24) is 0 Å². The highest BCUT2D eigenvalue weighted by atomic mass is 16.5. The average Bonchev–Trinajstić information content (AvgIpc) is 1.88. The van der Waals surface area contributed by atoms with Crippen LogP contribution in [0.5, 0.6) is 0 Å². The molecule has 1 heteroatoms. The van der Waals surface area contributed by atoms with E-state index in [0.29, 0.717) is 0 Å². The summed E-state index contributed by atoms with van der Waals surface area (Å²) in [4.78, 5) is 0. The van der Waals surface area contributed by atoms with Gasteiger partial charge in [0.2, 0.25) is 0 Å². The van der Waals surface area contributed by atoms with Crippen molar-refractivity contribution in [1.29, 1.82) is 0 Å². The molecule has 0 radical (unpaired) electrons. The minimum Gasteiger partial charge on any atom is -0.470 e. The highest BCUT2D eigenvalue weighted by Gasteiger charge is 2.07. The quantitative estimate of drug-likeness (QED) is 0.442. The number of hydrogen-bond donors (Lipinski definition) is 0. The smallest absolute Gasteiger partial charge is 0.0975 e. The van der Waals surface area contributed by atoms with Gasteiger partial charge in [0.15, 0.2) is 0 Å². The van der Waals surface area contributed by atoms with Crippen LogP contribution < -0.4 is 0 Å². The molecule has 0 N–H and O–H groups in total. The van der Waals surface area contributed by atoms with Gasteiger partial charge in [-0.05, 0) is 6.08 Å². The maximum atomic E-state index is 5.17. The molecule has 1 rings (SSSR count). The normalized spacial score (nSPS) is 24.8. The maximum absolute atomic E-state index is 5.17. The van der Waals surface area contributed by atoms with Gasteiger partial charge in [-0.3, -0.25) is 0 Å². The minimum absolute atomic E-state index is 0.186. The number of hydrogen-bond acceptors (Lipinski definition) is 1. The summed E-state index contributed by atoms with van der Waals surface area (Å²) in [6.45, 7) is 3.64. The van der Waals surface area contributed by atoms with Crippen LogP contribution in [-0.2, 0) is 4.74 Å². The van der Waals surface area contributed by atoms with Gasteiger partial charge < -0.3 is 4.74 Å². The van der Waals surface area contributed by atoms with E-state index in [1.807, 2.05) is 6.08 Å². The summed E-state index contributed by atoms with van der Waals surface area (Å²) in [5.74, 6) is 3.54. The standard InChI is InChI=1S/C8H8O/c1-3-8-4-5-9-7(2)6-8/h1,4-5,8H,2,6H2. The molecular weight excluding hydrogens is 112 g/mol. The van der Waals surface area contributed by atoms with Crippen LogP contribution in [0.15, 0.2) is 24.7 Å². The van der Waals surface area contributed by atoms with Crippen LogP contribution in [0.25, 0.3) is 0 Å². The topological polar surface area (TPSA) is 9.23 Å². The number of allylic oxidation sites excluding steroid dienone is 2. The van der Waals surface area contributed by atoms with Gasteiger partial charge in [0.05, 0.1) is 12.0 Å². The van der Waals surface area contributed by atoms with E-state index in [0.717, 1.165) is 12.2 Å². The van der Waals surface area contributed by atoms with E-state index in [9.17, 15) is 0 Å². The van der Waals surface area contributed by atoms with Crippen LogP contribution in [0.3, 0.4) is 0 Å². The Morgan fingerprint density at radius 1 is 1.89 bits per heavy atom. The van der Waals surface area contributed by atoms with E-state index in [1.54, 1.807) is 6.26 Å². The van der Waals surface area contributed by atoms with Crippen molar-refractivity contribution in [3.05, 3.63) is 24.7 Å². The molecule has 0 saturated carbocycles. The molecule has 9 heavy (non-hydrogen) atoms. The largest absolute Gasteiger partial charge is 0.470 e. The summed E-state index contributed by atoms with van der Waals surface area (Å²) in [6, 6.07) is 0. The van der Waals surface area contributed by atoms with Gasteiger partial charge in [-0.1, -0.05) is 12.5 Å². The van der Waals surface area contributed by atoms with Crippen LogP contribution >= 0.6 is 0 Å².